The Kier molecular flexibility index (Phi) is 230. The zero-order valence-corrected chi connectivity index (χ0v) is 61.6. The summed E-state index contributed by atoms with van der Waals surface area (Å²) in [7, 11) is -1.91. The fourth-order valence-corrected chi connectivity index (χ4v) is 7.34. The van der Waals surface area contributed by atoms with E-state index >= 15 is 0 Å². The molecule has 81 heavy (non-hydrogen) atoms. The van der Waals surface area contributed by atoms with Gasteiger partial charge in [0, 0.05) is 131 Å². The second-order valence-corrected chi connectivity index (χ2v) is 23.6. The molecule has 16 nitrogen and oxygen atoms in total. The second kappa shape index (κ2) is 150. The summed E-state index contributed by atoms with van der Waals surface area (Å²) in [6, 6.07) is 0. The van der Waals surface area contributed by atoms with Crippen LogP contribution in [-0.2, 0) is 49.8 Å². The van der Waals surface area contributed by atoms with Crippen LogP contribution in [0.2, 0.25) is 0 Å². The van der Waals surface area contributed by atoms with E-state index in [1.807, 2.05) is 42.8 Å². The quantitative estimate of drug-likeness (QED) is 0.00723. The topological polar surface area (TPSA) is 282 Å². The van der Waals surface area contributed by atoms with Gasteiger partial charge in [0.05, 0.1) is 0 Å². The van der Waals surface area contributed by atoms with Crippen LogP contribution in [-0.4, -0.2) is 231 Å². The first kappa shape index (κ1) is 125. The number of aliphatic hydroxyl groups is 2. The van der Waals surface area contributed by atoms with Crippen molar-refractivity contribution in [2.45, 2.75) is 110 Å². The number of aliphatic hydroxyl groups excluding tert-OH is 2. The van der Waals surface area contributed by atoms with Crippen LogP contribution in [0.3, 0.4) is 0 Å². The Balaban J connectivity index is -0.0000000376. The zero-order chi connectivity index (χ0) is 63.6. The number of thioether (sulfide) groups is 5. The molecule has 0 heterocycles. The molecule has 0 aromatic rings. The number of unbranched alkanes of at least 4 members (excludes halogenated alkanes) is 5. The monoisotopic (exact) mass is 1380 g/mol. The molecule has 32 heteroatoms. The largest absolute Gasteiger partial charge is 1.00 e. The standard InChI is InChI=1S/C6H11NOS2.2C5H13NOS.2C5H9NS.2C5H13NS.C4H6ClN.C4H10O.C2H3F3O.C2H6O.CH4S.Al.Li.Na.H2O2.4H/c1-10(8)5-3-2-4-9-6-7;2*1-8(7)5-3-2-4-6;2*1-6-4-3-5-7-2;2*1-7-5-3-2-4-6;1-6-4-2-3-5;1-3-5-4-2;3-2(4,5)1-6;1-2-3;1-2;;;;1-2;;;;/h2-5H2,1H3;2*2-6H2,1H3;2*3-5H2,2H3;2*2-6H2,1H3;2-4H2;3-4H2,1-2H3;6H,1H2;3H,2H2,1H3;2H,1H3;;;;1-2H;;;;/q;;;;;;;;;;;;;2*+1;;;;;-1/p-1. The molecule has 0 aromatic carbocycles. The summed E-state index contributed by atoms with van der Waals surface area (Å²) in [5, 5.41) is 37.0. The zero-order valence-electron chi connectivity index (χ0n) is 52.5. The molecule has 0 saturated carbocycles. The van der Waals surface area contributed by atoms with Crippen molar-refractivity contribution >= 4 is 133 Å². The first-order valence-corrected chi connectivity index (χ1v) is 38.1. The van der Waals surface area contributed by atoms with E-state index in [2.05, 4.69) is 52.2 Å². The van der Waals surface area contributed by atoms with Crippen LogP contribution < -0.4 is 71.4 Å². The maximum absolute atomic E-state index is 10.5. The van der Waals surface area contributed by atoms with E-state index in [4.69, 9.17) is 85.0 Å². The summed E-state index contributed by atoms with van der Waals surface area (Å²) in [6.45, 7) is 30.0. The molecule has 0 aliphatic rings. The Labute approximate surface area is 580 Å². The summed E-state index contributed by atoms with van der Waals surface area (Å²) in [5.74, 6) is 8.63. The third kappa shape index (κ3) is 283. The first-order valence-electron chi connectivity index (χ1n) is 25.0. The number of alkyl halides is 4. The number of hydrogen-bond acceptors (Lipinski definition) is 19. The van der Waals surface area contributed by atoms with Crippen molar-refractivity contribution in [3.8, 4) is 5.40 Å². The van der Waals surface area contributed by atoms with Gasteiger partial charge in [-0.3, -0.25) is 23.1 Å². The van der Waals surface area contributed by atoms with E-state index in [-0.39, 0.29) is 73.8 Å². The maximum Gasteiger partial charge on any atom is 1.00 e. The molecular weight excluding hydrogens is 1270 g/mol. The molecule has 0 radical (unpaired) electrons. The molecular formula is C49H115AlClF3LiN8NaO8S9. The van der Waals surface area contributed by atoms with Gasteiger partial charge in [-0.05, 0) is 159 Å². The van der Waals surface area contributed by atoms with Gasteiger partial charge in [0.15, 0.2) is 17.4 Å². The maximum atomic E-state index is 10.5. The van der Waals surface area contributed by atoms with Crippen LogP contribution in [0, 0.1) is 30.4 Å². The van der Waals surface area contributed by atoms with E-state index in [1.54, 1.807) is 55.5 Å². The Morgan fingerprint density at radius 3 is 1.00 bits per heavy atom. The van der Waals surface area contributed by atoms with Crippen molar-refractivity contribution in [1.29, 1.82) is 5.26 Å². The predicted molar refractivity (Wildman–Crippen MR) is 367 cm³/mol. The number of nitrogens with zero attached hydrogens (tertiary/aromatic N) is 4. The van der Waals surface area contributed by atoms with Gasteiger partial charge < -0.3 is 66.5 Å². The summed E-state index contributed by atoms with van der Waals surface area (Å²) in [4.78, 5) is 9.51. The van der Waals surface area contributed by atoms with Crippen molar-refractivity contribution in [1.82, 2.24) is 0 Å². The molecule has 0 aliphatic heterocycles. The van der Waals surface area contributed by atoms with E-state index in [0.717, 1.165) is 132 Å². The summed E-state index contributed by atoms with van der Waals surface area (Å²) in [5.41, 5.74) is 21.0. The van der Waals surface area contributed by atoms with Gasteiger partial charge in [-0.1, -0.05) is 0 Å². The molecule has 0 saturated heterocycles. The van der Waals surface area contributed by atoms with Crippen LogP contribution in [0.5, 0.6) is 0 Å². The molecule has 0 aliphatic carbocycles. The third-order valence-corrected chi connectivity index (χ3v) is 12.9. The molecule has 3 unspecified atom stereocenters. The SMILES string of the molecule is CCO.CCOCC.CS(=O)CCCCN.CS(=O)CCCCN.CS(=O)CCCCSC#N.CSCCCCN.CSCCCCN.C[S-].OCC(F)(F)F.OO.[AlH3].[C-]#[N+]CCCCl.[C-]#[N+]CCCSC.[C-]#[N+]CCCSC.[H-].[Li+].[Na+]. The average Bonchev–Trinajstić information content (AvgIpc) is 3.41. The van der Waals surface area contributed by atoms with Crippen molar-refractivity contribution in [2.75, 3.05) is 174 Å². The number of nitriles is 1. The van der Waals surface area contributed by atoms with Crippen LogP contribution in [0.15, 0.2) is 0 Å². The Morgan fingerprint density at radius 1 is 0.593 bits per heavy atom. The van der Waals surface area contributed by atoms with E-state index in [9.17, 15) is 25.8 Å². The molecule has 3 atom stereocenters. The number of ether oxygens (including phenoxy) is 1. The molecule has 0 bridgehead atoms. The predicted octanol–water partition coefficient (Wildman–Crippen LogP) is 3.30. The number of nitrogens with two attached hydrogens (primary N) is 4. The van der Waals surface area contributed by atoms with Gasteiger partial charge in [-0.25, -0.2) is 19.7 Å². The number of thiocyanates is 1. The minimum absolute atomic E-state index is 0. The van der Waals surface area contributed by atoms with Crippen LogP contribution in [0.25, 0.3) is 14.5 Å². The Morgan fingerprint density at radius 2 is 0.827 bits per heavy atom. The van der Waals surface area contributed by atoms with Gasteiger partial charge >= 0.3 is 54.6 Å². The third-order valence-electron chi connectivity index (χ3n) is 6.60. The minimum atomic E-state index is -4.40. The van der Waals surface area contributed by atoms with Gasteiger partial charge in [-0.2, -0.15) is 71.7 Å². The fourth-order valence-electron chi connectivity index (χ4n) is 3.12. The summed E-state index contributed by atoms with van der Waals surface area (Å²) < 4.78 is 67.7. The normalized spacial score (nSPS) is 9.58. The number of rotatable bonds is 31. The number of hydrogen-bond donors (Lipinski definition) is 8. The van der Waals surface area contributed by atoms with E-state index in [0.29, 0.717) is 25.5 Å². The first-order chi connectivity index (χ1) is 37.3. The number of halogens is 4. The molecule has 0 amide bonds. The van der Waals surface area contributed by atoms with Crippen LogP contribution >= 0.6 is 70.4 Å². The molecule has 0 spiro atoms. The fraction of sp³-hybridized carbons (Fsp3) is 0.918. The van der Waals surface area contributed by atoms with Crippen molar-refractivity contribution < 1.29 is 101 Å². The van der Waals surface area contributed by atoms with Crippen molar-refractivity contribution in [3.63, 3.8) is 0 Å². The molecule has 0 rings (SSSR count). The molecule has 0 aromatic heterocycles. The van der Waals surface area contributed by atoms with E-state index < -0.39 is 45.2 Å². The van der Waals surface area contributed by atoms with Crippen molar-refractivity contribution in [3.05, 3.63) is 34.3 Å². The van der Waals surface area contributed by atoms with Gasteiger partial charge in [0.2, 0.25) is 19.6 Å². The smallest absolute Gasteiger partial charge is 1.00 e. The molecule has 486 valence electrons. The Hall–Kier alpha value is 2.36. The van der Waals surface area contributed by atoms with Crippen LogP contribution in [0.1, 0.15) is 106 Å². The average molecular weight is 1380 g/mol. The second-order valence-electron chi connectivity index (χ2n) is 13.7. The Bertz CT molecular complexity index is 1170. The molecule has 12 N–H and O–H groups in total. The van der Waals surface area contributed by atoms with Crippen LogP contribution in [0.4, 0.5) is 13.2 Å². The van der Waals surface area contributed by atoms with Gasteiger partial charge in [-0.15, -0.1) is 11.6 Å². The van der Waals surface area contributed by atoms with Gasteiger partial charge in [0.1, 0.15) is 12.0 Å². The summed E-state index contributed by atoms with van der Waals surface area (Å²) in [6.07, 6.45) is 24.5. The van der Waals surface area contributed by atoms with Crippen molar-refractivity contribution in [2.24, 2.45) is 22.9 Å². The van der Waals surface area contributed by atoms with E-state index in [1.165, 1.54) is 49.0 Å². The minimum Gasteiger partial charge on any atom is -1.00 e. The molecule has 0 fully saturated rings. The van der Waals surface area contributed by atoms with Gasteiger partial charge in [0.25, 0.3) is 0 Å². The summed E-state index contributed by atoms with van der Waals surface area (Å²) >= 11 is 18.0.